The molecule has 0 fully saturated rings. The Bertz CT molecular complexity index is 784. The number of aromatic nitrogens is 1. The number of ether oxygens (including phenoxy) is 1. The number of esters is 1. The second-order valence-corrected chi connectivity index (χ2v) is 5.64. The molecule has 2 aromatic heterocycles. The largest absolute Gasteiger partial charge is 0.462 e. The molecule has 0 radical (unpaired) electrons. The van der Waals surface area contributed by atoms with Crippen molar-refractivity contribution in [3.8, 4) is 0 Å². The SMILES string of the molecule is CCOC(=O)c1cnc2sccc2c1NCc1ccccc1. The van der Waals surface area contributed by atoms with E-state index in [1.807, 2.05) is 41.8 Å². The van der Waals surface area contributed by atoms with Crippen molar-refractivity contribution in [3.05, 3.63) is 59.1 Å². The van der Waals surface area contributed by atoms with E-state index in [0.717, 1.165) is 21.5 Å². The molecule has 2 heterocycles. The van der Waals surface area contributed by atoms with Gasteiger partial charge in [-0.1, -0.05) is 30.3 Å². The number of rotatable bonds is 5. The van der Waals surface area contributed by atoms with E-state index in [1.54, 1.807) is 24.5 Å². The topological polar surface area (TPSA) is 51.2 Å². The van der Waals surface area contributed by atoms with Gasteiger partial charge in [-0.25, -0.2) is 9.78 Å². The zero-order valence-corrected chi connectivity index (χ0v) is 13.0. The van der Waals surface area contributed by atoms with Gasteiger partial charge < -0.3 is 10.1 Å². The normalized spacial score (nSPS) is 10.6. The van der Waals surface area contributed by atoms with Gasteiger partial charge in [-0.3, -0.25) is 0 Å². The number of nitrogens with zero attached hydrogens (tertiary/aromatic N) is 1. The third-order valence-corrected chi connectivity index (χ3v) is 4.12. The van der Waals surface area contributed by atoms with E-state index in [9.17, 15) is 4.79 Å². The average molecular weight is 312 g/mol. The van der Waals surface area contributed by atoms with Gasteiger partial charge in [0.15, 0.2) is 0 Å². The molecular weight excluding hydrogens is 296 g/mol. The molecule has 3 aromatic rings. The van der Waals surface area contributed by atoms with Crippen LogP contribution in [0.5, 0.6) is 0 Å². The van der Waals surface area contributed by atoms with Gasteiger partial charge in [-0.15, -0.1) is 11.3 Å². The minimum atomic E-state index is -0.348. The standard InChI is InChI=1S/C17H16N2O2S/c1-2-21-17(20)14-11-19-16-13(8-9-22-16)15(14)18-10-12-6-4-3-5-7-12/h3-9,11H,2,10H2,1H3,(H,18,19). The summed E-state index contributed by atoms with van der Waals surface area (Å²) in [4.78, 5) is 17.4. The van der Waals surface area contributed by atoms with Crippen LogP contribution in [0.3, 0.4) is 0 Å². The van der Waals surface area contributed by atoms with Gasteiger partial charge in [0.1, 0.15) is 10.4 Å². The van der Waals surface area contributed by atoms with E-state index >= 15 is 0 Å². The number of carbonyl (C=O) groups excluding carboxylic acids is 1. The van der Waals surface area contributed by atoms with Crippen molar-refractivity contribution in [3.63, 3.8) is 0 Å². The Morgan fingerprint density at radius 2 is 2.09 bits per heavy atom. The highest BCUT2D eigenvalue weighted by atomic mass is 32.1. The second-order valence-electron chi connectivity index (χ2n) is 4.75. The Hall–Kier alpha value is -2.40. The molecule has 1 aromatic carbocycles. The monoisotopic (exact) mass is 312 g/mol. The summed E-state index contributed by atoms with van der Waals surface area (Å²) in [6.07, 6.45) is 1.59. The zero-order chi connectivity index (χ0) is 15.4. The van der Waals surface area contributed by atoms with Crippen LogP contribution in [0.1, 0.15) is 22.8 Å². The number of carbonyl (C=O) groups is 1. The summed E-state index contributed by atoms with van der Waals surface area (Å²) in [5, 5.41) is 6.29. The minimum absolute atomic E-state index is 0.346. The summed E-state index contributed by atoms with van der Waals surface area (Å²) in [6, 6.07) is 12.0. The number of fused-ring (bicyclic) bond motifs is 1. The van der Waals surface area contributed by atoms with Gasteiger partial charge in [0, 0.05) is 18.1 Å². The van der Waals surface area contributed by atoms with Crippen LogP contribution in [-0.2, 0) is 11.3 Å². The molecule has 0 unspecified atom stereocenters. The van der Waals surface area contributed by atoms with Gasteiger partial charge in [0.05, 0.1) is 12.3 Å². The number of pyridine rings is 1. The maximum absolute atomic E-state index is 12.1. The number of anilines is 1. The number of benzene rings is 1. The number of thiophene rings is 1. The zero-order valence-electron chi connectivity index (χ0n) is 12.2. The van der Waals surface area contributed by atoms with E-state index < -0.39 is 0 Å². The maximum atomic E-state index is 12.1. The first-order chi connectivity index (χ1) is 10.8. The Balaban J connectivity index is 1.95. The lowest BCUT2D eigenvalue weighted by Crippen LogP contribution is -2.10. The van der Waals surface area contributed by atoms with E-state index in [4.69, 9.17) is 4.74 Å². The van der Waals surface area contributed by atoms with Crippen LogP contribution in [0.4, 0.5) is 5.69 Å². The highest BCUT2D eigenvalue weighted by Gasteiger charge is 2.17. The summed E-state index contributed by atoms with van der Waals surface area (Å²) in [5.74, 6) is -0.348. The molecule has 1 N–H and O–H groups in total. The fraction of sp³-hybridized carbons (Fsp3) is 0.176. The minimum Gasteiger partial charge on any atom is -0.462 e. The quantitative estimate of drug-likeness (QED) is 0.721. The smallest absolute Gasteiger partial charge is 0.341 e. The Kier molecular flexibility index (Phi) is 4.34. The molecule has 0 aliphatic carbocycles. The molecule has 0 bridgehead atoms. The second kappa shape index (κ2) is 6.58. The molecule has 3 rings (SSSR count). The third kappa shape index (κ3) is 2.94. The molecule has 0 amide bonds. The van der Waals surface area contributed by atoms with Crippen LogP contribution >= 0.6 is 11.3 Å². The maximum Gasteiger partial charge on any atom is 0.341 e. The molecule has 0 saturated heterocycles. The van der Waals surface area contributed by atoms with E-state index in [0.29, 0.717) is 18.7 Å². The van der Waals surface area contributed by atoms with E-state index in [2.05, 4.69) is 10.3 Å². The molecular formula is C17H16N2O2S. The first-order valence-corrected chi connectivity index (χ1v) is 7.98. The molecule has 0 atom stereocenters. The van der Waals surface area contributed by atoms with Crippen LogP contribution in [0.25, 0.3) is 10.2 Å². The van der Waals surface area contributed by atoms with E-state index in [-0.39, 0.29) is 5.97 Å². The van der Waals surface area contributed by atoms with Gasteiger partial charge in [0.25, 0.3) is 0 Å². The highest BCUT2D eigenvalue weighted by molar-refractivity contribution is 7.16. The van der Waals surface area contributed by atoms with Crippen LogP contribution in [0.15, 0.2) is 48.0 Å². The number of hydrogen-bond acceptors (Lipinski definition) is 5. The summed E-state index contributed by atoms with van der Waals surface area (Å²) in [7, 11) is 0. The fourth-order valence-corrected chi connectivity index (χ4v) is 3.01. The predicted molar refractivity (Wildman–Crippen MR) is 89.3 cm³/mol. The highest BCUT2D eigenvalue weighted by Crippen LogP contribution is 2.30. The Morgan fingerprint density at radius 3 is 2.86 bits per heavy atom. The number of hydrogen-bond donors (Lipinski definition) is 1. The molecule has 0 spiro atoms. The van der Waals surface area contributed by atoms with Gasteiger partial charge in [-0.05, 0) is 23.9 Å². The van der Waals surface area contributed by atoms with Crippen LogP contribution in [0, 0.1) is 0 Å². The first-order valence-electron chi connectivity index (χ1n) is 7.10. The summed E-state index contributed by atoms with van der Waals surface area (Å²) in [6.45, 7) is 2.78. The lowest BCUT2D eigenvalue weighted by molar-refractivity contribution is 0.0527. The van der Waals surface area contributed by atoms with E-state index in [1.165, 1.54) is 0 Å². The van der Waals surface area contributed by atoms with Gasteiger partial charge in [-0.2, -0.15) is 0 Å². The molecule has 22 heavy (non-hydrogen) atoms. The average Bonchev–Trinajstić information content (AvgIpc) is 3.02. The summed E-state index contributed by atoms with van der Waals surface area (Å²) < 4.78 is 5.13. The lowest BCUT2D eigenvalue weighted by Gasteiger charge is -2.12. The van der Waals surface area contributed by atoms with Crippen molar-refractivity contribution in [1.29, 1.82) is 0 Å². The van der Waals surface area contributed by atoms with Crippen LogP contribution < -0.4 is 5.32 Å². The molecule has 0 aliphatic rings. The number of nitrogens with one attached hydrogen (secondary N) is 1. The van der Waals surface area contributed by atoms with Gasteiger partial charge >= 0.3 is 5.97 Å². The lowest BCUT2D eigenvalue weighted by atomic mass is 10.1. The molecule has 0 saturated carbocycles. The first kappa shape index (κ1) is 14.5. The van der Waals surface area contributed by atoms with Crippen molar-refractivity contribution in [1.82, 2.24) is 4.98 Å². The summed E-state index contributed by atoms with van der Waals surface area (Å²) in [5.41, 5.74) is 2.41. The molecule has 0 aliphatic heterocycles. The van der Waals surface area contributed by atoms with Crippen molar-refractivity contribution in [2.45, 2.75) is 13.5 Å². The molecule has 5 heteroatoms. The predicted octanol–water partition coefficient (Wildman–Crippen LogP) is 4.09. The van der Waals surface area contributed by atoms with Crippen molar-refractivity contribution in [2.24, 2.45) is 0 Å². The fourth-order valence-electron chi connectivity index (χ4n) is 2.26. The van der Waals surface area contributed by atoms with Crippen LogP contribution in [0.2, 0.25) is 0 Å². The van der Waals surface area contributed by atoms with Crippen molar-refractivity contribution >= 4 is 33.2 Å². The van der Waals surface area contributed by atoms with Crippen LogP contribution in [-0.4, -0.2) is 17.6 Å². The molecule has 112 valence electrons. The third-order valence-electron chi connectivity index (χ3n) is 3.30. The van der Waals surface area contributed by atoms with Crippen molar-refractivity contribution in [2.75, 3.05) is 11.9 Å². The summed E-state index contributed by atoms with van der Waals surface area (Å²) >= 11 is 1.55. The van der Waals surface area contributed by atoms with Crippen molar-refractivity contribution < 1.29 is 9.53 Å². The molecule has 4 nitrogen and oxygen atoms in total. The van der Waals surface area contributed by atoms with Gasteiger partial charge in [0.2, 0.25) is 0 Å². The Morgan fingerprint density at radius 1 is 1.27 bits per heavy atom. The Labute approximate surface area is 132 Å².